The number of anilines is 1. The van der Waals surface area contributed by atoms with Gasteiger partial charge in [0.25, 0.3) is 0 Å². The van der Waals surface area contributed by atoms with Crippen LogP contribution in [0.4, 0.5) is 5.69 Å². The fourth-order valence-electron chi connectivity index (χ4n) is 3.24. The molecular weight excluding hydrogens is 384 g/mol. The van der Waals surface area contributed by atoms with E-state index in [0.717, 1.165) is 23.4 Å². The Morgan fingerprint density at radius 3 is 1.83 bits per heavy atom. The van der Waals surface area contributed by atoms with Gasteiger partial charge in [0.05, 0.1) is 11.4 Å². The minimum absolute atomic E-state index is 0.255. The molecule has 0 heterocycles. The smallest absolute Gasteiger partial charge is 0.0693 e. The Balaban J connectivity index is 1.65. The first-order chi connectivity index (χ1) is 14.9. The lowest BCUT2D eigenvalue weighted by Crippen LogP contribution is -2.09. The largest absolute Gasteiger partial charge is 0.278 e. The van der Waals surface area contributed by atoms with Gasteiger partial charge in [-0.15, -0.1) is 11.8 Å². The second kappa shape index (κ2) is 10.5. The molecule has 4 rings (SSSR count). The van der Waals surface area contributed by atoms with Crippen LogP contribution in [0.25, 0.3) is 0 Å². The van der Waals surface area contributed by atoms with Gasteiger partial charge >= 0.3 is 0 Å². The van der Waals surface area contributed by atoms with Crippen LogP contribution >= 0.6 is 11.8 Å². The van der Waals surface area contributed by atoms with Crippen molar-refractivity contribution >= 4 is 23.2 Å². The summed E-state index contributed by atoms with van der Waals surface area (Å²) in [4.78, 5) is 1.26. The lowest BCUT2D eigenvalue weighted by molar-refractivity contribution is 0.996. The minimum atomic E-state index is 0.255. The second-order valence-electron chi connectivity index (χ2n) is 6.94. The molecule has 0 bridgehead atoms. The van der Waals surface area contributed by atoms with Crippen LogP contribution in [-0.2, 0) is 0 Å². The van der Waals surface area contributed by atoms with E-state index < -0.39 is 0 Å². The van der Waals surface area contributed by atoms with Gasteiger partial charge in [-0.05, 0) is 35.4 Å². The van der Waals surface area contributed by atoms with Gasteiger partial charge in [0.2, 0.25) is 0 Å². The molecule has 0 radical (unpaired) electrons. The van der Waals surface area contributed by atoms with Gasteiger partial charge in [-0.1, -0.05) is 97.1 Å². The summed E-state index contributed by atoms with van der Waals surface area (Å²) in [5.41, 5.74) is 7.70. The summed E-state index contributed by atoms with van der Waals surface area (Å²) < 4.78 is 0. The molecule has 0 aromatic heterocycles. The molecular formula is C27H24N2S. The quantitative estimate of drug-likeness (QED) is 0.186. The number of hydrogen-bond acceptors (Lipinski definition) is 3. The Hall–Kier alpha value is -3.30. The van der Waals surface area contributed by atoms with Crippen molar-refractivity contribution in [3.8, 4) is 0 Å². The van der Waals surface area contributed by atoms with Crippen LogP contribution in [0.1, 0.15) is 22.8 Å². The zero-order chi connectivity index (χ0) is 20.4. The third-order valence-corrected chi connectivity index (χ3v) is 6.04. The lowest BCUT2D eigenvalue weighted by atomic mass is 10.0. The first-order valence-electron chi connectivity index (χ1n) is 10.1. The molecule has 148 valence electrons. The van der Waals surface area contributed by atoms with Crippen LogP contribution in [0, 0.1) is 0 Å². The van der Waals surface area contributed by atoms with Crippen molar-refractivity contribution in [2.45, 2.75) is 16.6 Å². The zero-order valence-electron chi connectivity index (χ0n) is 16.7. The van der Waals surface area contributed by atoms with E-state index in [0.29, 0.717) is 0 Å². The van der Waals surface area contributed by atoms with Gasteiger partial charge in [0, 0.05) is 16.6 Å². The van der Waals surface area contributed by atoms with Crippen LogP contribution in [0.15, 0.2) is 131 Å². The van der Waals surface area contributed by atoms with Crippen molar-refractivity contribution in [2.75, 3.05) is 5.43 Å². The fraction of sp³-hybridized carbons (Fsp3) is 0.0741. The summed E-state index contributed by atoms with van der Waals surface area (Å²) in [6.45, 7) is 0. The molecule has 4 aromatic rings. The maximum absolute atomic E-state index is 4.82. The average Bonchev–Trinajstić information content (AvgIpc) is 2.83. The molecule has 0 aliphatic rings. The highest BCUT2D eigenvalue weighted by Crippen LogP contribution is 2.38. The number of benzene rings is 4. The van der Waals surface area contributed by atoms with Gasteiger partial charge in [0.15, 0.2) is 0 Å². The lowest BCUT2D eigenvalue weighted by Gasteiger charge is -2.19. The molecule has 1 atom stereocenters. The van der Waals surface area contributed by atoms with Crippen LogP contribution < -0.4 is 5.43 Å². The van der Waals surface area contributed by atoms with E-state index in [1.54, 1.807) is 0 Å². The van der Waals surface area contributed by atoms with Gasteiger partial charge in [-0.3, -0.25) is 5.43 Å². The first kappa shape index (κ1) is 20.0. The van der Waals surface area contributed by atoms with E-state index in [4.69, 9.17) is 5.10 Å². The van der Waals surface area contributed by atoms with Gasteiger partial charge in [-0.2, -0.15) is 5.10 Å². The molecule has 0 unspecified atom stereocenters. The Morgan fingerprint density at radius 2 is 1.20 bits per heavy atom. The molecule has 30 heavy (non-hydrogen) atoms. The molecule has 3 heteroatoms. The highest BCUT2D eigenvalue weighted by atomic mass is 32.2. The Morgan fingerprint density at radius 1 is 0.667 bits per heavy atom. The molecule has 0 fully saturated rings. The van der Waals surface area contributed by atoms with E-state index in [1.807, 2.05) is 48.2 Å². The summed E-state index contributed by atoms with van der Waals surface area (Å²) in [6, 6.07) is 41.8. The summed E-state index contributed by atoms with van der Waals surface area (Å²) in [7, 11) is 0. The van der Waals surface area contributed by atoms with Crippen molar-refractivity contribution in [3.05, 3.63) is 132 Å². The SMILES string of the molecule is c1ccc(N/N=C(/C[C@@H](Sc2ccccc2)c2ccccc2)c2ccccc2)cc1. The topological polar surface area (TPSA) is 24.4 Å². The number of para-hydroxylation sites is 1. The van der Waals surface area contributed by atoms with E-state index >= 15 is 0 Å². The van der Waals surface area contributed by atoms with Crippen molar-refractivity contribution < 1.29 is 0 Å². The number of nitrogens with one attached hydrogen (secondary N) is 1. The van der Waals surface area contributed by atoms with Crippen molar-refractivity contribution in [1.29, 1.82) is 0 Å². The summed E-state index contributed by atoms with van der Waals surface area (Å²) >= 11 is 1.88. The number of hydrogen-bond donors (Lipinski definition) is 1. The highest BCUT2D eigenvalue weighted by Gasteiger charge is 2.17. The monoisotopic (exact) mass is 408 g/mol. The number of hydrazone groups is 1. The summed E-state index contributed by atoms with van der Waals surface area (Å²) in [5, 5.41) is 5.08. The molecule has 1 N–H and O–H groups in total. The van der Waals surface area contributed by atoms with Crippen LogP contribution in [-0.4, -0.2) is 5.71 Å². The summed E-state index contributed by atoms with van der Waals surface area (Å²) in [6.07, 6.45) is 0.813. The number of thioether (sulfide) groups is 1. The predicted octanol–water partition coefficient (Wildman–Crippen LogP) is 7.43. The predicted molar refractivity (Wildman–Crippen MR) is 129 cm³/mol. The molecule has 4 aromatic carbocycles. The first-order valence-corrected chi connectivity index (χ1v) is 11.0. The van der Waals surface area contributed by atoms with E-state index in [2.05, 4.69) is 90.4 Å². The Bertz CT molecular complexity index is 1050. The maximum Gasteiger partial charge on any atom is 0.0693 e. The summed E-state index contributed by atoms with van der Waals surface area (Å²) in [5.74, 6) is 0. The normalized spacial score (nSPS) is 12.3. The molecule has 0 spiro atoms. The second-order valence-corrected chi connectivity index (χ2v) is 8.21. The molecule has 0 saturated carbocycles. The van der Waals surface area contributed by atoms with Crippen LogP contribution in [0.2, 0.25) is 0 Å². The fourth-order valence-corrected chi connectivity index (χ4v) is 4.41. The van der Waals surface area contributed by atoms with E-state index in [-0.39, 0.29) is 5.25 Å². The number of nitrogens with zero attached hydrogens (tertiary/aromatic N) is 1. The van der Waals surface area contributed by atoms with E-state index in [1.165, 1.54) is 10.5 Å². The molecule has 0 aliphatic carbocycles. The molecule has 2 nitrogen and oxygen atoms in total. The van der Waals surface area contributed by atoms with Crippen molar-refractivity contribution in [1.82, 2.24) is 0 Å². The molecule has 0 saturated heterocycles. The Labute approximate surface area is 182 Å². The van der Waals surface area contributed by atoms with Gasteiger partial charge in [-0.25, -0.2) is 0 Å². The molecule has 0 aliphatic heterocycles. The maximum atomic E-state index is 4.82. The average molecular weight is 409 g/mol. The van der Waals surface area contributed by atoms with E-state index in [9.17, 15) is 0 Å². The minimum Gasteiger partial charge on any atom is -0.278 e. The highest BCUT2D eigenvalue weighted by molar-refractivity contribution is 7.99. The van der Waals surface area contributed by atoms with Crippen molar-refractivity contribution in [2.24, 2.45) is 5.10 Å². The Kier molecular flexibility index (Phi) is 6.98. The van der Waals surface area contributed by atoms with Gasteiger partial charge < -0.3 is 0 Å². The standard InChI is InChI=1S/C27H24N2S/c1-5-13-22(14-6-1)26(29-28-24-17-9-3-10-18-24)21-27(23-15-7-2-8-16-23)30-25-19-11-4-12-20-25/h1-20,27-28H,21H2/b29-26-/t27-/m1/s1. The van der Waals surface area contributed by atoms with Crippen molar-refractivity contribution in [3.63, 3.8) is 0 Å². The zero-order valence-corrected chi connectivity index (χ0v) is 17.5. The number of rotatable bonds is 8. The molecule has 0 amide bonds. The third kappa shape index (κ3) is 5.62. The van der Waals surface area contributed by atoms with Gasteiger partial charge in [0.1, 0.15) is 0 Å². The van der Waals surface area contributed by atoms with Crippen LogP contribution in [0.5, 0.6) is 0 Å². The third-order valence-electron chi connectivity index (χ3n) is 4.77. The van der Waals surface area contributed by atoms with Crippen LogP contribution in [0.3, 0.4) is 0 Å².